The Bertz CT molecular complexity index is 510. The summed E-state index contributed by atoms with van der Waals surface area (Å²) in [5.74, 6) is 0.0548. The standard InChI is InChI=1S/C14H11O3/c1-11(15)17-14(13-7-8-16-10-13)9-12-5-3-2-4-6-12/h2-9H,1H3. The third kappa shape index (κ3) is 3.08. The lowest BCUT2D eigenvalue weighted by molar-refractivity contribution is -0.134. The molecule has 2 aromatic rings. The highest BCUT2D eigenvalue weighted by Gasteiger charge is 2.08. The first-order valence-electron chi connectivity index (χ1n) is 5.16. The molecule has 0 amide bonds. The van der Waals surface area contributed by atoms with Crippen molar-refractivity contribution in [1.29, 1.82) is 0 Å². The summed E-state index contributed by atoms with van der Waals surface area (Å²) in [4.78, 5) is 11.0. The third-order valence-corrected chi connectivity index (χ3v) is 2.09. The Hall–Kier alpha value is -2.29. The number of ether oxygens (including phenoxy) is 1. The van der Waals surface area contributed by atoms with Gasteiger partial charge in [0.25, 0.3) is 0 Å². The monoisotopic (exact) mass is 227 g/mol. The van der Waals surface area contributed by atoms with Crippen LogP contribution in [-0.4, -0.2) is 5.97 Å². The van der Waals surface area contributed by atoms with Crippen LogP contribution >= 0.6 is 0 Å². The van der Waals surface area contributed by atoms with Crippen LogP contribution in [0.2, 0.25) is 0 Å². The van der Waals surface area contributed by atoms with Crippen molar-refractivity contribution in [2.75, 3.05) is 0 Å². The van der Waals surface area contributed by atoms with Gasteiger partial charge in [-0.05, 0) is 17.7 Å². The zero-order valence-electron chi connectivity index (χ0n) is 9.34. The molecule has 0 N–H and O–H groups in total. The minimum atomic E-state index is -0.373. The second kappa shape index (κ2) is 5.16. The van der Waals surface area contributed by atoms with Gasteiger partial charge in [0.1, 0.15) is 5.76 Å². The fourth-order valence-corrected chi connectivity index (χ4v) is 1.38. The van der Waals surface area contributed by atoms with Gasteiger partial charge in [0.05, 0.1) is 11.8 Å². The summed E-state index contributed by atoms with van der Waals surface area (Å²) in [5, 5.41) is 0. The topological polar surface area (TPSA) is 39.4 Å². The summed E-state index contributed by atoms with van der Waals surface area (Å²) in [6.45, 7) is 1.36. The quantitative estimate of drug-likeness (QED) is 0.597. The Morgan fingerprint density at radius 1 is 1.29 bits per heavy atom. The zero-order chi connectivity index (χ0) is 12.1. The second-order valence-corrected chi connectivity index (χ2v) is 3.45. The fourth-order valence-electron chi connectivity index (χ4n) is 1.38. The lowest BCUT2D eigenvalue weighted by Gasteiger charge is -2.04. The average molecular weight is 227 g/mol. The first-order valence-corrected chi connectivity index (χ1v) is 5.16. The number of carbonyl (C=O) groups is 1. The highest BCUT2D eigenvalue weighted by atomic mass is 16.5. The van der Waals surface area contributed by atoms with Gasteiger partial charge in [-0.2, -0.15) is 0 Å². The van der Waals surface area contributed by atoms with Crippen molar-refractivity contribution < 1.29 is 13.9 Å². The molecule has 3 nitrogen and oxygen atoms in total. The highest BCUT2D eigenvalue weighted by molar-refractivity contribution is 5.83. The maximum absolute atomic E-state index is 11.0. The summed E-state index contributed by atoms with van der Waals surface area (Å²) < 4.78 is 9.99. The highest BCUT2D eigenvalue weighted by Crippen LogP contribution is 2.19. The number of esters is 1. The predicted molar refractivity (Wildman–Crippen MR) is 63.6 cm³/mol. The van der Waals surface area contributed by atoms with E-state index in [9.17, 15) is 4.79 Å². The third-order valence-electron chi connectivity index (χ3n) is 2.09. The molecule has 85 valence electrons. The van der Waals surface area contributed by atoms with E-state index in [0.29, 0.717) is 11.3 Å². The van der Waals surface area contributed by atoms with E-state index in [1.807, 2.05) is 30.3 Å². The van der Waals surface area contributed by atoms with E-state index in [1.165, 1.54) is 13.2 Å². The molecule has 0 aliphatic heterocycles. The van der Waals surface area contributed by atoms with Gasteiger partial charge in [-0.25, -0.2) is 0 Å². The summed E-state index contributed by atoms with van der Waals surface area (Å²) in [7, 11) is 0. The Morgan fingerprint density at radius 2 is 2.06 bits per heavy atom. The van der Waals surface area contributed by atoms with Crippen LogP contribution in [0.4, 0.5) is 0 Å². The number of benzene rings is 1. The fraction of sp³-hybridized carbons (Fsp3) is 0.0714. The molecule has 0 saturated heterocycles. The van der Waals surface area contributed by atoms with Crippen molar-refractivity contribution >= 4 is 17.8 Å². The minimum absolute atomic E-state index is 0.373. The molecule has 3 heteroatoms. The van der Waals surface area contributed by atoms with E-state index in [0.717, 1.165) is 5.56 Å². The summed E-state index contributed by atoms with van der Waals surface area (Å²) >= 11 is 0. The maximum atomic E-state index is 11.0. The van der Waals surface area contributed by atoms with Crippen molar-refractivity contribution in [1.82, 2.24) is 0 Å². The van der Waals surface area contributed by atoms with Crippen LogP contribution in [0.15, 0.2) is 47.1 Å². The van der Waals surface area contributed by atoms with E-state index >= 15 is 0 Å². The number of rotatable bonds is 3. The van der Waals surface area contributed by atoms with E-state index in [-0.39, 0.29) is 5.97 Å². The molecular formula is C14H11O3. The van der Waals surface area contributed by atoms with Crippen molar-refractivity contribution in [3.63, 3.8) is 0 Å². The molecule has 1 aromatic heterocycles. The number of hydrogen-bond acceptors (Lipinski definition) is 3. The molecule has 0 atom stereocenters. The Morgan fingerprint density at radius 3 is 2.65 bits per heavy atom. The molecule has 2 rings (SSSR count). The van der Waals surface area contributed by atoms with Gasteiger partial charge in [-0.3, -0.25) is 4.79 Å². The van der Waals surface area contributed by atoms with Gasteiger partial charge >= 0.3 is 5.97 Å². The summed E-state index contributed by atoms with van der Waals surface area (Å²) in [5.41, 5.74) is 1.56. The Kier molecular flexibility index (Phi) is 3.40. The number of furan rings is 1. The molecule has 1 heterocycles. The van der Waals surface area contributed by atoms with Crippen molar-refractivity contribution in [3.05, 3.63) is 60.1 Å². The lowest BCUT2D eigenvalue weighted by atomic mass is 10.1. The van der Waals surface area contributed by atoms with Crippen LogP contribution in [0.3, 0.4) is 0 Å². The lowest BCUT2D eigenvalue weighted by Crippen LogP contribution is -1.97. The molecule has 0 fully saturated rings. The largest absolute Gasteiger partial charge is 0.460 e. The summed E-state index contributed by atoms with van der Waals surface area (Å²) in [6, 6.07) is 11.3. The zero-order valence-corrected chi connectivity index (χ0v) is 9.34. The van der Waals surface area contributed by atoms with Crippen LogP contribution in [0.25, 0.3) is 11.8 Å². The molecule has 0 saturated carbocycles. The van der Waals surface area contributed by atoms with Crippen LogP contribution in [0.5, 0.6) is 0 Å². The first kappa shape index (κ1) is 11.2. The van der Waals surface area contributed by atoms with Crippen molar-refractivity contribution in [2.45, 2.75) is 6.92 Å². The molecule has 1 radical (unpaired) electrons. The van der Waals surface area contributed by atoms with Crippen LogP contribution in [0, 0.1) is 6.26 Å². The van der Waals surface area contributed by atoms with Gasteiger partial charge in [-0.15, -0.1) is 0 Å². The van der Waals surface area contributed by atoms with Gasteiger partial charge in [0.15, 0.2) is 6.26 Å². The van der Waals surface area contributed by atoms with Crippen LogP contribution < -0.4 is 0 Å². The molecule has 0 unspecified atom stereocenters. The van der Waals surface area contributed by atoms with Gasteiger partial charge in [-0.1, -0.05) is 30.3 Å². The first-order chi connectivity index (χ1) is 8.25. The average Bonchev–Trinajstić information content (AvgIpc) is 2.82. The van der Waals surface area contributed by atoms with Crippen molar-refractivity contribution in [3.8, 4) is 0 Å². The van der Waals surface area contributed by atoms with E-state index in [4.69, 9.17) is 9.15 Å². The molecule has 1 aromatic carbocycles. The molecular weight excluding hydrogens is 216 g/mol. The molecule has 0 bridgehead atoms. The van der Waals surface area contributed by atoms with Gasteiger partial charge in [0.2, 0.25) is 0 Å². The second-order valence-electron chi connectivity index (χ2n) is 3.45. The molecule has 17 heavy (non-hydrogen) atoms. The minimum Gasteiger partial charge on any atom is -0.460 e. The van der Waals surface area contributed by atoms with Crippen LogP contribution in [0.1, 0.15) is 18.1 Å². The molecule has 0 spiro atoms. The Balaban J connectivity index is 2.34. The van der Waals surface area contributed by atoms with E-state index < -0.39 is 0 Å². The smallest absolute Gasteiger partial charge is 0.308 e. The van der Waals surface area contributed by atoms with E-state index in [1.54, 1.807) is 12.1 Å². The normalized spacial score (nSPS) is 11.2. The Labute approximate surface area is 99.3 Å². The number of carbonyl (C=O) groups excluding carboxylic acids is 1. The SMILES string of the molecule is CC(=O)OC(=Cc1ccccc1)c1[c]occ1. The van der Waals surface area contributed by atoms with Crippen molar-refractivity contribution in [2.24, 2.45) is 0 Å². The van der Waals surface area contributed by atoms with Gasteiger partial charge in [0, 0.05) is 6.92 Å². The van der Waals surface area contributed by atoms with Gasteiger partial charge < -0.3 is 9.15 Å². The summed E-state index contributed by atoms with van der Waals surface area (Å²) in [6.07, 6.45) is 5.89. The van der Waals surface area contributed by atoms with Crippen LogP contribution in [-0.2, 0) is 9.53 Å². The molecule has 0 aliphatic carbocycles. The maximum Gasteiger partial charge on any atom is 0.308 e. The predicted octanol–water partition coefficient (Wildman–Crippen LogP) is 3.14. The molecule has 0 aliphatic rings. The van der Waals surface area contributed by atoms with E-state index in [2.05, 4.69) is 6.26 Å². The number of hydrogen-bond donors (Lipinski definition) is 0.